The number of hydrogen-bond acceptors (Lipinski definition) is 3. The second-order valence-electron chi connectivity index (χ2n) is 10.9. The number of likely N-dealkylation sites (tertiary alicyclic amines) is 1. The molecule has 3 atom stereocenters. The van der Waals surface area contributed by atoms with E-state index in [1.165, 1.54) is 32.1 Å². The largest absolute Gasteiger partial charge is 0.348 e. The second-order valence-corrected chi connectivity index (χ2v) is 11.7. The molecule has 9 heteroatoms. The molecule has 1 aromatic heterocycles. The van der Waals surface area contributed by atoms with E-state index in [2.05, 4.69) is 27.5 Å². The molecule has 1 aliphatic heterocycles. The number of H-pyrrole nitrogens is 1. The standard InChI is InChI=1S/C29H41Cl2N5O2/c1-2-24-17-22(21-7-4-3-5-8-21)12-14-36(24)28(37)27(16-20-10-11-25(30)26(31)15-20)35-29(38)33-13-6-9-23-18-32-19-34-23/h10-11,15,18-19,21-22,24,27H,2-9,12-14,16-17H2,1H3,(H,32,34)(H2,33,35,38)/t22?,24?,27-/m1/s1. The van der Waals surface area contributed by atoms with Crippen molar-refractivity contribution in [3.8, 4) is 0 Å². The lowest BCUT2D eigenvalue weighted by Crippen LogP contribution is -2.56. The first-order valence-corrected chi connectivity index (χ1v) is 15.0. The van der Waals surface area contributed by atoms with Gasteiger partial charge in [0, 0.05) is 37.4 Å². The minimum atomic E-state index is -0.680. The predicted molar refractivity (Wildman–Crippen MR) is 152 cm³/mol. The van der Waals surface area contributed by atoms with Crippen LogP contribution in [0.15, 0.2) is 30.7 Å². The van der Waals surface area contributed by atoms with E-state index in [0.29, 0.717) is 28.9 Å². The molecule has 3 amide bonds. The number of carbonyl (C=O) groups is 2. The normalized spacial score (nSPS) is 21.2. The average Bonchev–Trinajstić information content (AvgIpc) is 3.46. The van der Waals surface area contributed by atoms with Crippen molar-refractivity contribution in [1.29, 1.82) is 0 Å². The number of hydrogen-bond donors (Lipinski definition) is 3. The Labute approximate surface area is 236 Å². The van der Waals surface area contributed by atoms with E-state index in [4.69, 9.17) is 23.2 Å². The first kappa shape index (κ1) is 28.8. The Morgan fingerprint density at radius 1 is 1.13 bits per heavy atom. The molecule has 0 radical (unpaired) electrons. The Morgan fingerprint density at radius 3 is 2.66 bits per heavy atom. The number of benzene rings is 1. The average molecular weight is 563 g/mol. The lowest BCUT2D eigenvalue weighted by atomic mass is 9.73. The van der Waals surface area contributed by atoms with Crippen LogP contribution in [0, 0.1) is 11.8 Å². The lowest BCUT2D eigenvalue weighted by Gasteiger charge is -2.44. The van der Waals surface area contributed by atoms with Gasteiger partial charge in [-0.2, -0.15) is 0 Å². The van der Waals surface area contributed by atoms with Crippen LogP contribution in [0.5, 0.6) is 0 Å². The first-order valence-electron chi connectivity index (χ1n) is 14.2. The van der Waals surface area contributed by atoms with Crippen LogP contribution in [0.3, 0.4) is 0 Å². The van der Waals surface area contributed by atoms with E-state index in [0.717, 1.165) is 55.8 Å². The fourth-order valence-corrected chi connectivity index (χ4v) is 6.53. The quantitative estimate of drug-likeness (QED) is 0.303. The van der Waals surface area contributed by atoms with Gasteiger partial charge < -0.3 is 20.5 Å². The molecule has 208 valence electrons. The number of aryl methyl sites for hydroxylation is 1. The van der Waals surface area contributed by atoms with Crippen LogP contribution in [0.2, 0.25) is 10.0 Å². The van der Waals surface area contributed by atoms with Gasteiger partial charge in [-0.15, -0.1) is 0 Å². The van der Waals surface area contributed by atoms with Gasteiger partial charge in [0.05, 0.1) is 16.4 Å². The zero-order valence-electron chi connectivity index (χ0n) is 22.4. The van der Waals surface area contributed by atoms with Gasteiger partial charge in [0.15, 0.2) is 0 Å². The van der Waals surface area contributed by atoms with E-state index in [9.17, 15) is 9.59 Å². The predicted octanol–water partition coefficient (Wildman–Crippen LogP) is 6.16. The molecule has 4 rings (SSSR count). The Morgan fingerprint density at radius 2 is 1.95 bits per heavy atom. The third-order valence-electron chi connectivity index (χ3n) is 8.32. The first-order chi connectivity index (χ1) is 18.4. The van der Waals surface area contributed by atoms with Crippen molar-refractivity contribution in [1.82, 2.24) is 25.5 Å². The van der Waals surface area contributed by atoms with Crippen LogP contribution in [-0.4, -0.2) is 52.0 Å². The van der Waals surface area contributed by atoms with E-state index in [-0.39, 0.29) is 18.0 Å². The van der Waals surface area contributed by atoms with Crippen LogP contribution in [0.4, 0.5) is 4.79 Å². The van der Waals surface area contributed by atoms with Gasteiger partial charge in [0.25, 0.3) is 0 Å². The molecule has 7 nitrogen and oxygen atoms in total. The number of amides is 3. The molecule has 3 N–H and O–H groups in total. The van der Waals surface area contributed by atoms with E-state index >= 15 is 0 Å². The molecule has 2 fully saturated rings. The lowest BCUT2D eigenvalue weighted by molar-refractivity contribution is -0.138. The van der Waals surface area contributed by atoms with Gasteiger partial charge in [-0.05, 0) is 61.6 Å². The summed E-state index contributed by atoms with van der Waals surface area (Å²) < 4.78 is 0. The molecule has 0 spiro atoms. The second kappa shape index (κ2) is 14.2. The molecule has 2 aromatic rings. The van der Waals surface area contributed by atoms with Gasteiger partial charge in [-0.1, -0.05) is 68.3 Å². The van der Waals surface area contributed by atoms with Crippen LogP contribution in [0.1, 0.15) is 76.0 Å². The minimum absolute atomic E-state index is 0.0161. The maximum Gasteiger partial charge on any atom is 0.315 e. The summed E-state index contributed by atoms with van der Waals surface area (Å²) in [7, 11) is 0. The number of rotatable bonds is 10. The molecule has 1 aromatic carbocycles. The molecule has 2 heterocycles. The molecule has 1 saturated heterocycles. The maximum atomic E-state index is 13.9. The molecule has 1 aliphatic carbocycles. The topological polar surface area (TPSA) is 90.1 Å². The number of carbonyl (C=O) groups excluding carboxylic acids is 2. The zero-order chi connectivity index (χ0) is 26.9. The van der Waals surface area contributed by atoms with Crippen LogP contribution in [-0.2, 0) is 17.6 Å². The summed E-state index contributed by atoms with van der Waals surface area (Å²) in [6.07, 6.45) is 15.1. The highest BCUT2D eigenvalue weighted by molar-refractivity contribution is 6.42. The number of halogens is 2. The highest BCUT2D eigenvalue weighted by Gasteiger charge is 2.37. The van der Waals surface area contributed by atoms with Crippen molar-refractivity contribution in [2.45, 2.75) is 89.6 Å². The van der Waals surface area contributed by atoms with E-state index in [1.807, 2.05) is 11.0 Å². The summed E-state index contributed by atoms with van der Waals surface area (Å²) >= 11 is 12.4. The van der Waals surface area contributed by atoms with Gasteiger partial charge in [0.2, 0.25) is 5.91 Å². The number of imidazole rings is 1. The van der Waals surface area contributed by atoms with Gasteiger partial charge in [-0.25, -0.2) is 9.78 Å². The summed E-state index contributed by atoms with van der Waals surface area (Å²) in [5.74, 6) is 1.48. The monoisotopic (exact) mass is 561 g/mol. The fourth-order valence-electron chi connectivity index (χ4n) is 6.21. The maximum absolute atomic E-state index is 13.9. The summed E-state index contributed by atoms with van der Waals surface area (Å²) in [4.78, 5) is 35.9. The minimum Gasteiger partial charge on any atom is -0.348 e. The van der Waals surface area contributed by atoms with Crippen LogP contribution >= 0.6 is 23.2 Å². The highest BCUT2D eigenvalue weighted by Crippen LogP contribution is 2.38. The molecular formula is C29H41Cl2N5O2. The Balaban J connectivity index is 1.40. The van der Waals surface area contributed by atoms with Gasteiger partial charge >= 0.3 is 6.03 Å². The number of piperidine rings is 1. The molecule has 38 heavy (non-hydrogen) atoms. The fraction of sp³-hybridized carbons (Fsp3) is 0.621. The van der Waals surface area contributed by atoms with Crippen molar-refractivity contribution in [3.63, 3.8) is 0 Å². The van der Waals surface area contributed by atoms with Crippen LogP contribution in [0.25, 0.3) is 0 Å². The van der Waals surface area contributed by atoms with Crippen LogP contribution < -0.4 is 10.6 Å². The van der Waals surface area contributed by atoms with Crippen molar-refractivity contribution >= 4 is 35.1 Å². The Hall–Kier alpha value is -2.25. The summed E-state index contributed by atoms with van der Waals surface area (Å²) in [6, 6.07) is 4.57. The van der Waals surface area contributed by atoms with Crippen molar-refractivity contribution in [2.75, 3.05) is 13.1 Å². The molecule has 0 bridgehead atoms. The van der Waals surface area contributed by atoms with Gasteiger partial charge in [-0.3, -0.25) is 4.79 Å². The third-order valence-corrected chi connectivity index (χ3v) is 9.06. The highest BCUT2D eigenvalue weighted by atomic mass is 35.5. The Kier molecular flexibility index (Phi) is 10.8. The number of urea groups is 1. The summed E-state index contributed by atoms with van der Waals surface area (Å²) in [5.41, 5.74) is 1.89. The van der Waals surface area contributed by atoms with E-state index < -0.39 is 6.04 Å². The molecule has 2 aliphatic rings. The third kappa shape index (κ3) is 7.89. The smallest absolute Gasteiger partial charge is 0.315 e. The summed E-state index contributed by atoms with van der Waals surface area (Å²) in [6.45, 7) is 3.43. The number of aromatic nitrogens is 2. The van der Waals surface area contributed by atoms with E-state index in [1.54, 1.807) is 24.7 Å². The number of nitrogens with zero attached hydrogens (tertiary/aromatic N) is 2. The molecule has 2 unspecified atom stereocenters. The SMILES string of the molecule is CCC1CC(C2CCCCC2)CCN1C(=O)[C@@H](Cc1ccc(Cl)c(Cl)c1)NC(=O)NCCCc1cnc[nH]1. The van der Waals surface area contributed by atoms with Crippen molar-refractivity contribution in [2.24, 2.45) is 11.8 Å². The molecular weight excluding hydrogens is 521 g/mol. The number of aromatic amines is 1. The zero-order valence-corrected chi connectivity index (χ0v) is 23.9. The van der Waals surface area contributed by atoms with Gasteiger partial charge in [0.1, 0.15) is 6.04 Å². The molecule has 1 saturated carbocycles. The Bertz CT molecular complexity index is 1040. The number of nitrogens with one attached hydrogen (secondary N) is 3. The summed E-state index contributed by atoms with van der Waals surface area (Å²) in [5, 5.41) is 6.80. The van der Waals surface area contributed by atoms with Crippen molar-refractivity contribution in [3.05, 3.63) is 52.0 Å². The van der Waals surface area contributed by atoms with Crippen molar-refractivity contribution < 1.29 is 9.59 Å².